The van der Waals surface area contributed by atoms with Gasteiger partial charge in [0.25, 0.3) is 0 Å². The first-order chi connectivity index (χ1) is 31.3. The van der Waals surface area contributed by atoms with Crippen molar-refractivity contribution in [3.8, 4) is 62.1 Å². The van der Waals surface area contributed by atoms with E-state index in [-0.39, 0.29) is 0 Å². The normalized spacial score (nSPS) is 11.8. The maximum absolute atomic E-state index is 6.94. The summed E-state index contributed by atoms with van der Waals surface area (Å²) in [4.78, 5) is 15.7. The van der Waals surface area contributed by atoms with E-state index in [2.05, 4.69) is 150 Å². The summed E-state index contributed by atoms with van der Waals surface area (Å²) in [6, 6.07) is 71.3. The van der Waals surface area contributed by atoms with Crippen LogP contribution in [0.4, 0.5) is 0 Å². The molecule has 6 heteroatoms. The van der Waals surface area contributed by atoms with Gasteiger partial charge in [-0.05, 0) is 64.7 Å². The number of hydrogen-bond acceptors (Lipinski definition) is 5. The van der Waals surface area contributed by atoms with Crippen LogP contribution in [0.5, 0.6) is 0 Å². The lowest BCUT2D eigenvalue weighted by Crippen LogP contribution is -2.04. The molecule has 4 heterocycles. The highest BCUT2D eigenvalue weighted by Crippen LogP contribution is 2.48. The third kappa shape index (κ3) is 5.48. The molecule has 13 aromatic rings. The Morgan fingerprint density at radius 3 is 1.24 bits per heavy atom. The summed E-state index contributed by atoms with van der Waals surface area (Å²) in [6.07, 6.45) is 0. The molecule has 6 nitrogen and oxygen atoms in total. The van der Waals surface area contributed by atoms with Crippen LogP contribution < -0.4 is 0 Å². The van der Waals surface area contributed by atoms with Gasteiger partial charge in [-0.1, -0.05) is 164 Å². The molecule has 0 radical (unpaired) electrons. The Labute approximate surface area is 361 Å². The molecular formula is C57H34N4O2. The largest absolute Gasteiger partial charge is 0.456 e. The molecule has 13 rings (SSSR count). The third-order valence-corrected chi connectivity index (χ3v) is 12.3. The zero-order valence-electron chi connectivity index (χ0n) is 33.7. The van der Waals surface area contributed by atoms with Crippen molar-refractivity contribution < 1.29 is 8.83 Å². The van der Waals surface area contributed by atoms with Crippen molar-refractivity contribution in [3.63, 3.8) is 0 Å². The lowest BCUT2D eigenvalue weighted by Gasteiger charge is -2.16. The molecule has 4 aromatic heterocycles. The number of nitrogens with zero attached hydrogens (tertiary/aromatic N) is 4. The number of aromatic nitrogens is 4. The fourth-order valence-electron chi connectivity index (χ4n) is 9.57. The number of rotatable bonds is 6. The second-order valence-electron chi connectivity index (χ2n) is 15.8. The SMILES string of the molecule is c1ccc(-c2nc(-c3ccccc3)nc(-c3ccc4oc5cccc(-c6cccc7oc8cccc(-c9ccccc9)c8c67)c5c4c3-n3c4ccccc4c4ccccc43)n2)cc1. The van der Waals surface area contributed by atoms with Crippen molar-refractivity contribution in [2.75, 3.05) is 0 Å². The molecule has 0 unspecified atom stereocenters. The van der Waals surface area contributed by atoms with Crippen LogP contribution in [-0.2, 0) is 0 Å². The molecule has 0 bridgehead atoms. The van der Waals surface area contributed by atoms with Crippen LogP contribution in [0.1, 0.15) is 0 Å². The van der Waals surface area contributed by atoms with Crippen LogP contribution >= 0.6 is 0 Å². The second-order valence-corrected chi connectivity index (χ2v) is 15.8. The van der Waals surface area contributed by atoms with Gasteiger partial charge in [-0.2, -0.15) is 0 Å². The zero-order chi connectivity index (χ0) is 41.4. The summed E-state index contributed by atoms with van der Waals surface area (Å²) in [7, 11) is 0. The molecular weight excluding hydrogens is 773 g/mol. The summed E-state index contributed by atoms with van der Waals surface area (Å²) in [6.45, 7) is 0. The van der Waals surface area contributed by atoms with Gasteiger partial charge in [-0.25, -0.2) is 15.0 Å². The van der Waals surface area contributed by atoms with E-state index in [9.17, 15) is 0 Å². The maximum Gasteiger partial charge on any atom is 0.166 e. The highest BCUT2D eigenvalue weighted by atomic mass is 16.3. The van der Waals surface area contributed by atoms with Crippen LogP contribution in [0.15, 0.2) is 215 Å². The van der Waals surface area contributed by atoms with E-state index in [1.54, 1.807) is 0 Å². The summed E-state index contributed by atoms with van der Waals surface area (Å²) >= 11 is 0. The van der Waals surface area contributed by atoms with Crippen molar-refractivity contribution in [3.05, 3.63) is 206 Å². The molecule has 0 saturated carbocycles. The fourth-order valence-corrected chi connectivity index (χ4v) is 9.57. The quantitative estimate of drug-likeness (QED) is 0.167. The zero-order valence-corrected chi connectivity index (χ0v) is 33.7. The van der Waals surface area contributed by atoms with Crippen molar-refractivity contribution in [2.24, 2.45) is 0 Å². The smallest absolute Gasteiger partial charge is 0.166 e. The van der Waals surface area contributed by atoms with E-state index in [1.807, 2.05) is 60.7 Å². The van der Waals surface area contributed by atoms with Crippen molar-refractivity contribution in [1.29, 1.82) is 0 Å². The molecule has 0 fully saturated rings. The minimum absolute atomic E-state index is 0.559. The van der Waals surface area contributed by atoms with Crippen LogP contribution in [0, 0.1) is 0 Å². The van der Waals surface area contributed by atoms with Crippen LogP contribution in [0.25, 0.3) is 128 Å². The van der Waals surface area contributed by atoms with E-state index in [0.29, 0.717) is 17.5 Å². The summed E-state index contributed by atoms with van der Waals surface area (Å²) in [5.74, 6) is 1.75. The Morgan fingerprint density at radius 2 is 0.698 bits per heavy atom. The van der Waals surface area contributed by atoms with E-state index in [1.165, 1.54) is 0 Å². The summed E-state index contributed by atoms with van der Waals surface area (Å²) in [5, 5.41) is 6.39. The molecule has 0 aliphatic rings. The highest BCUT2D eigenvalue weighted by Gasteiger charge is 2.27. The van der Waals surface area contributed by atoms with E-state index in [4.69, 9.17) is 23.8 Å². The van der Waals surface area contributed by atoms with E-state index in [0.717, 1.165) is 110 Å². The maximum atomic E-state index is 6.94. The highest BCUT2D eigenvalue weighted by molar-refractivity contribution is 6.24. The molecule has 0 saturated heterocycles. The van der Waals surface area contributed by atoms with Gasteiger partial charge in [0.1, 0.15) is 22.3 Å². The fraction of sp³-hybridized carbons (Fsp3) is 0. The predicted molar refractivity (Wildman–Crippen MR) is 256 cm³/mol. The topological polar surface area (TPSA) is 69.9 Å². The van der Waals surface area contributed by atoms with Gasteiger partial charge < -0.3 is 13.4 Å². The monoisotopic (exact) mass is 806 g/mol. The van der Waals surface area contributed by atoms with Crippen molar-refractivity contribution >= 4 is 65.7 Å². The first kappa shape index (κ1) is 35.2. The molecule has 0 amide bonds. The van der Waals surface area contributed by atoms with E-state index < -0.39 is 0 Å². The molecule has 0 N–H and O–H groups in total. The Kier molecular flexibility index (Phi) is 7.80. The average molecular weight is 807 g/mol. The molecule has 9 aromatic carbocycles. The van der Waals surface area contributed by atoms with Crippen LogP contribution in [0.2, 0.25) is 0 Å². The lowest BCUT2D eigenvalue weighted by molar-refractivity contribution is 0.668. The van der Waals surface area contributed by atoms with Gasteiger partial charge in [-0.15, -0.1) is 0 Å². The predicted octanol–water partition coefficient (Wildman–Crippen LogP) is 15.1. The number of fused-ring (bicyclic) bond motifs is 9. The lowest BCUT2D eigenvalue weighted by atomic mass is 9.92. The van der Waals surface area contributed by atoms with Gasteiger partial charge >= 0.3 is 0 Å². The molecule has 0 aliphatic heterocycles. The van der Waals surface area contributed by atoms with Crippen molar-refractivity contribution in [1.82, 2.24) is 19.5 Å². The molecule has 0 atom stereocenters. The second kappa shape index (κ2) is 14.0. The summed E-state index contributed by atoms with van der Waals surface area (Å²) < 4.78 is 16.0. The van der Waals surface area contributed by atoms with Gasteiger partial charge in [0.15, 0.2) is 17.5 Å². The van der Waals surface area contributed by atoms with Gasteiger partial charge in [-0.3, -0.25) is 0 Å². The van der Waals surface area contributed by atoms with Crippen molar-refractivity contribution in [2.45, 2.75) is 0 Å². The molecule has 294 valence electrons. The Balaban J connectivity index is 1.19. The minimum atomic E-state index is 0.559. The molecule has 0 spiro atoms. The number of furan rings is 2. The van der Waals surface area contributed by atoms with E-state index >= 15 is 0 Å². The first-order valence-electron chi connectivity index (χ1n) is 21.1. The van der Waals surface area contributed by atoms with Crippen LogP contribution in [0.3, 0.4) is 0 Å². The standard InChI is InChI=1S/C57H34N4O2/c1-4-17-35(18-5-1)38-25-14-30-46-50(38)51-41(26-15-31-47(51)62-46)42-27-16-32-48-52(42)53-49(63-48)34-33-43(54(53)61-44-28-12-10-23-39(44)40-24-11-13-29-45(40)61)57-59-55(36-19-6-2-7-20-36)58-56(60-57)37-21-8-3-9-22-37/h1-34H. The summed E-state index contributed by atoms with van der Waals surface area (Å²) in [5.41, 5.74) is 13.3. The van der Waals surface area contributed by atoms with Gasteiger partial charge in [0.2, 0.25) is 0 Å². The van der Waals surface area contributed by atoms with Gasteiger partial charge in [0, 0.05) is 43.6 Å². The first-order valence-corrected chi connectivity index (χ1v) is 21.1. The van der Waals surface area contributed by atoms with Crippen LogP contribution in [-0.4, -0.2) is 19.5 Å². The average Bonchev–Trinajstić information content (AvgIpc) is 4.04. The number of benzene rings is 9. The van der Waals surface area contributed by atoms with Gasteiger partial charge in [0.05, 0.1) is 22.1 Å². The Hall–Kier alpha value is -8.61. The Bertz CT molecular complexity index is 3790. The Morgan fingerprint density at radius 1 is 0.286 bits per heavy atom. The minimum Gasteiger partial charge on any atom is -0.456 e. The molecule has 0 aliphatic carbocycles. The number of para-hydroxylation sites is 2. The number of hydrogen-bond donors (Lipinski definition) is 0. The molecule has 63 heavy (non-hydrogen) atoms. The third-order valence-electron chi connectivity index (χ3n) is 12.3.